The molecule has 0 aliphatic carbocycles. The Morgan fingerprint density at radius 1 is 1.09 bits per heavy atom. The number of aromatic nitrogens is 4. The first-order chi connectivity index (χ1) is 16.9. The van der Waals surface area contributed by atoms with Crippen molar-refractivity contribution in [3.8, 4) is 17.2 Å². The van der Waals surface area contributed by atoms with Crippen LogP contribution in [0, 0.1) is 17.1 Å². The minimum Gasteiger partial charge on any atom is -0.309 e. The Kier molecular flexibility index (Phi) is 7.24. The molecule has 0 fully saturated rings. The molecule has 4 aromatic rings. The Morgan fingerprint density at radius 3 is 2.51 bits per heavy atom. The number of halogens is 1. The van der Waals surface area contributed by atoms with Gasteiger partial charge in [-0.2, -0.15) is 10.4 Å². The van der Waals surface area contributed by atoms with Gasteiger partial charge in [0.25, 0.3) is 0 Å². The highest BCUT2D eigenvalue weighted by Crippen LogP contribution is 2.21. The summed E-state index contributed by atoms with van der Waals surface area (Å²) < 4.78 is 15.6. The highest BCUT2D eigenvalue weighted by Gasteiger charge is 2.23. The van der Waals surface area contributed by atoms with E-state index in [0.717, 1.165) is 22.9 Å². The zero-order valence-electron chi connectivity index (χ0n) is 19.3. The van der Waals surface area contributed by atoms with Gasteiger partial charge in [0.1, 0.15) is 17.7 Å². The summed E-state index contributed by atoms with van der Waals surface area (Å²) in [5.41, 5.74) is 3.79. The number of nitriles is 1. The van der Waals surface area contributed by atoms with E-state index in [9.17, 15) is 9.18 Å². The van der Waals surface area contributed by atoms with Crippen LogP contribution in [0.2, 0.25) is 0 Å². The number of pyridine rings is 2. The number of amides is 1. The maximum atomic E-state index is 13.9. The van der Waals surface area contributed by atoms with Crippen molar-refractivity contribution in [1.29, 1.82) is 5.26 Å². The molecule has 9 heteroatoms. The molecule has 2 N–H and O–H groups in total. The van der Waals surface area contributed by atoms with Crippen LogP contribution in [0.15, 0.2) is 73.4 Å². The lowest BCUT2D eigenvalue weighted by atomic mass is 9.99. The van der Waals surface area contributed by atoms with Crippen molar-refractivity contribution in [3.63, 3.8) is 0 Å². The third-order valence-electron chi connectivity index (χ3n) is 5.61. The number of anilines is 1. The number of benzene rings is 1. The molecule has 1 aromatic carbocycles. The van der Waals surface area contributed by atoms with Gasteiger partial charge in [0.15, 0.2) is 0 Å². The van der Waals surface area contributed by atoms with Gasteiger partial charge < -0.3 is 10.6 Å². The lowest BCUT2D eigenvalue weighted by molar-refractivity contribution is -0.118. The van der Waals surface area contributed by atoms with Gasteiger partial charge in [-0.1, -0.05) is 19.1 Å². The summed E-state index contributed by atoms with van der Waals surface area (Å²) in [6.45, 7) is 2.44. The Morgan fingerprint density at radius 2 is 1.89 bits per heavy atom. The summed E-state index contributed by atoms with van der Waals surface area (Å²) in [6.07, 6.45) is 7.83. The van der Waals surface area contributed by atoms with Gasteiger partial charge in [-0.05, 0) is 47.4 Å². The second kappa shape index (κ2) is 10.7. The van der Waals surface area contributed by atoms with Crippen LogP contribution in [0.3, 0.4) is 0 Å². The summed E-state index contributed by atoms with van der Waals surface area (Å²) in [5, 5.41) is 19.2. The Labute approximate surface area is 202 Å². The summed E-state index contributed by atoms with van der Waals surface area (Å²) in [4.78, 5) is 21.4. The molecule has 0 aliphatic rings. The van der Waals surface area contributed by atoms with Crippen molar-refractivity contribution in [3.05, 3.63) is 96.0 Å². The van der Waals surface area contributed by atoms with E-state index in [1.54, 1.807) is 35.3 Å². The van der Waals surface area contributed by atoms with E-state index in [4.69, 9.17) is 5.26 Å². The molecule has 0 spiro atoms. The molecular weight excluding hydrogens is 445 g/mol. The minimum absolute atomic E-state index is 0.0384. The molecule has 0 radical (unpaired) electrons. The molecule has 0 saturated heterocycles. The highest BCUT2D eigenvalue weighted by molar-refractivity contribution is 5.94. The van der Waals surface area contributed by atoms with Gasteiger partial charge in [0, 0.05) is 43.3 Å². The maximum absolute atomic E-state index is 13.9. The van der Waals surface area contributed by atoms with E-state index < -0.39 is 11.9 Å². The average Bonchev–Trinajstić information content (AvgIpc) is 3.31. The standard InChI is InChI=1S/C26H24FN7O/c1-17(19-5-3-18(10-28)4-6-19)11-31-25(21-9-23(27)15-29-12-21)26(35)33-24-8-7-20(13-30-24)22-14-32-34(2)16-22/h3-9,12-17,25,31H,11H2,1-2H3,(H,30,33,35)/t17-,25+/m1/s1. The van der Waals surface area contributed by atoms with Crippen molar-refractivity contribution in [1.82, 2.24) is 25.1 Å². The molecule has 2 atom stereocenters. The summed E-state index contributed by atoms with van der Waals surface area (Å²) in [7, 11) is 1.84. The maximum Gasteiger partial charge on any atom is 0.247 e. The van der Waals surface area contributed by atoms with E-state index in [2.05, 4.69) is 31.8 Å². The molecule has 0 bridgehead atoms. The lowest BCUT2D eigenvalue weighted by Crippen LogP contribution is -2.35. The molecule has 0 unspecified atom stereocenters. The molecule has 0 aliphatic heterocycles. The van der Waals surface area contributed by atoms with Gasteiger partial charge in [0.05, 0.1) is 24.0 Å². The van der Waals surface area contributed by atoms with E-state index in [1.165, 1.54) is 12.3 Å². The van der Waals surface area contributed by atoms with Crippen LogP contribution in [0.5, 0.6) is 0 Å². The monoisotopic (exact) mass is 469 g/mol. The predicted molar refractivity (Wildman–Crippen MR) is 130 cm³/mol. The topological polar surface area (TPSA) is 109 Å². The van der Waals surface area contributed by atoms with Gasteiger partial charge in [-0.25, -0.2) is 9.37 Å². The third kappa shape index (κ3) is 5.93. The number of hydrogen-bond acceptors (Lipinski definition) is 6. The Balaban J connectivity index is 1.48. The molecule has 8 nitrogen and oxygen atoms in total. The zero-order chi connectivity index (χ0) is 24.8. The molecule has 3 aromatic heterocycles. The molecule has 4 rings (SSSR count). The highest BCUT2D eigenvalue weighted by atomic mass is 19.1. The second-order valence-electron chi connectivity index (χ2n) is 8.24. The van der Waals surface area contributed by atoms with Crippen molar-refractivity contribution in [2.45, 2.75) is 18.9 Å². The van der Waals surface area contributed by atoms with E-state index in [-0.39, 0.29) is 11.8 Å². The largest absolute Gasteiger partial charge is 0.309 e. The smallest absolute Gasteiger partial charge is 0.247 e. The van der Waals surface area contributed by atoms with E-state index >= 15 is 0 Å². The van der Waals surface area contributed by atoms with Crippen LogP contribution >= 0.6 is 0 Å². The normalized spacial score (nSPS) is 12.5. The number of rotatable bonds is 8. The van der Waals surface area contributed by atoms with Crippen molar-refractivity contribution >= 4 is 11.7 Å². The van der Waals surface area contributed by atoms with Crippen LogP contribution in [0.4, 0.5) is 10.2 Å². The number of carbonyl (C=O) groups excluding carboxylic acids is 1. The first-order valence-electron chi connectivity index (χ1n) is 11.0. The molecular formula is C26H24FN7O. The van der Waals surface area contributed by atoms with Crippen molar-refractivity contribution in [2.24, 2.45) is 7.05 Å². The number of nitrogens with one attached hydrogen (secondary N) is 2. The van der Waals surface area contributed by atoms with Crippen molar-refractivity contribution < 1.29 is 9.18 Å². The Hall–Kier alpha value is -4.42. The van der Waals surface area contributed by atoms with Crippen LogP contribution in [-0.2, 0) is 11.8 Å². The van der Waals surface area contributed by atoms with Crippen LogP contribution in [-0.4, -0.2) is 32.2 Å². The first kappa shape index (κ1) is 23.7. The number of nitrogens with zero attached hydrogens (tertiary/aromatic N) is 5. The minimum atomic E-state index is -0.848. The number of aryl methyl sites for hydroxylation is 1. The first-order valence-corrected chi connectivity index (χ1v) is 11.0. The summed E-state index contributed by atoms with van der Waals surface area (Å²) in [5.74, 6) is -0.498. The molecule has 176 valence electrons. The van der Waals surface area contributed by atoms with Crippen LogP contribution in [0.25, 0.3) is 11.1 Å². The van der Waals surface area contributed by atoms with Gasteiger partial charge in [-0.15, -0.1) is 0 Å². The summed E-state index contributed by atoms with van der Waals surface area (Å²) in [6, 6.07) is 13.4. The molecule has 0 saturated carbocycles. The van der Waals surface area contributed by atoms with Crippen LogP contribution in [0.1, 0.15) is 35.6 Å². The van der Waals surface area contributed by atoms with E-state index in [0.29, 0.717) is 23.5 Å². The fourth-order valence-corrected chi connectivity index (χ4v) is 3.65. The zero-order valence-corrected chi connectivity index (χ0v) is 19.3. The van der Waals surface area contributed by atoms with Gasteiger partial charge >= 0.3 is 0 Å². The molecule has 3 heterocycles. The predicted octanol–water partition coefficient (Wildman–Crippen LogP) is 3.96. The second-order valence-corrected chi connectivity index (χ2v) is 8.24. The average molecular weight is 470 g/mol. The SMILES string of the molecule is C[C@H](CN[C@H](C(=O)Nc1ccc(-c2cnn(C)c2)cn1)c1cncc(F)c1)c1ccc(C#N)cc1. The lowest BCUT2D eigenvalue weighted by Gasteiger charge is -2.21. The van der Waals surface area contributed by atoms with Gasteiger partial charge in [-0.3, -0.25) is 14.5 Å². The number of carbonyl (C=O) groups is 1. The van der Waals surface area contributed by atoms with Gasteiger partial charge in [0.2, 0.25) is 5.91 Å². The molecule has 35 heavy (non-hydrogen) atoms. The Bertz CT molecular complexity index is 1340. The third-order valence-corrected chi connectivity index (χ3v) is 5.61. The fraction of sp³-hybridized carbons (Fsp3) is 0.192. The fourth-order valence-electron chi connectivity index (χ4n) is 3.65. The quantitative estimate of drug-likeness (QED) is 0.404. The number of hydrogen-bond donors (Lipinski definition) is 2. The van der Waals surface area contributed by atoms with Crippen LogP contribution < -0.4 is 10.6 Å². The molecule has 1 amide bonds. The van der Waals surface area contributed by atoms with Crippen molar-refractivity contribution in [2.75, 3.05) is 11.9 Å². The summed E-state index contributed by atoms with van der Waals surface area (Å²) >= 11 is 0. The van der Waals surface area contributed by atoms with E-state index in [1.807, 2.05) is 38.4 Å².